The molecule has 5 rings (SSSR count). The van der Waals surface area contributed by atoms with Gasteiger partial charge in [-0.15, -0.1) is 0 Å². The molecule has 0 N–H and O–H groups in total. The van der Waals surface area contributed by atoms with Crippen LogP contribution in [0.1, 0.15) is 24.1 Å². The largest absolute Gasteiger partial charge is 0.275 e. The van der Waals surface area contributed by atoms with Crippen LogP contribution in [0.25, 0.3) is 27.8 Å². The van der Waals surface area contributed by atoms with Gasteiger partial charge in [-0.3, -0.25) is 9.67 Å². The van der Waals surface area contributed by atoms with Crippen molar-refractivity contribution < 1.29 is 0 Å². The molecular weight excluding hydrogens is 336 g/mol. The fourth-order valence-electron chi connectivity index (χ4n) is 3.43. The second kappa shape index (κ2) is 6.02. The zero-order valence-corrected chi connectivity index (χ0v) is 15.1. The molecule has 0 unspecified atom stereocenters. The molecule has 1 atom stereocenters. The van der Waals surface area contributed by atoms with E-state index in [0.717, 1.165) is 33.5 Å². The van der Waals surface area contributed by atoms with Gasteiger partial charge >= 0.3 is 0 Å². The molecule has 1 aromatic carbocycles. The lowest BCUT2D eigenvalue weighted by Crippen LogP contribution is -2.04. The molecule has 5 aromatic rings. The number of aryl methyl sites for hydroxylation is 1. The highest BCUT2D eigenvalue weighted by molar-refractivity contribution is 5.79. The van der Waals surface area contributed by atoms with Crippen molar-refractivity contribution in [2.24, 2.45) is 7.05 Å². The highest BCUT2D eigenvalue weighted by Gasteiger charge is 2.16. The molecule has 0 fully saturated rings. The van der Waals surface area contributed by atoms with E-state index in [0.29, 0.717) is 0 Å². The zero-order chi connectivity index (χ0) is 18.4. The maximum Gasteiger partial charge on any atom is 0.153 e. The molecule has 132 valence electrons. The van der Waals surface area contributed by atoms with Crippen LogP contribution in [0.15, 0.2) is 67.3 Å². The lowest BCUT2D eigenvalue weighted by molar-refractivity contribution is 0.767. The minimum Gasteiger partial charge on any atom is -0.275 e. The molecule has 4 aromatic heterocycles. The summed E-state index contributed by atoms with van der Waals surface area (Å²) in [5, 5.41) is 10.2. The van der Waals surface area contributed by atoms with E-state index in [2.05, 4.69) is 46.3 Å². The van der Waals surface area contributed by atoms with Crippen LogP contribution in [-0.2, 0) is 7.05 Å². The smallest absolute Gasteiger partial charge is 0.153 e. The summed E-state index contributed by atoms with van der Waals surface area (Å²) in [6, 6.07) is 14.4. The van der Waals surface area contributed by atoms with Gasteiger partial charge in [0.1, 0.15) is 0 Å². The fraction of sp³-hybridized carbons (Fsp3) is 0.143. The van der Waals surface area contributed by atoms with Crippen LogP contribution in [0.5, 0.6) is 0 Å². The van der Waals surface area contributed by atoms with Gasteiger partial charge < -0.3 is 0 Å². The number of aromatic nitrogens is 6. The van der Waals surface area contributed by atoms with Crippen molar-refractivity contribution in [2.45, 2.75) is 12.8 Å². The van der Waals surface area contributed by atoms with Crippen molar-refractivity contribution in [1.82, 2.24) is 29.4 Å². The third kappa shape index (κ3) is 2.66. The first kappa shape index (κ1) is 15.7. The van der Waals surface area contributed by atoms with Crippen LogP contribution in [0, 0.1) is 0 Å². The van der Waals surface area contributed by atoms with Gasteiger partial charge in [0.2, 0.25) is 0 Å². The second-order valence-electron chi connectivity index (χ2n) is 6.75. The second-order valence-corrected chi connectivity index (χ2v) is 6.75. The van der Waals surface area contributed by atoms with Gasteiger partial charge in [0.25, 0.3) is 0 Å². The molecule has 6 heteroatoms. The number of fused-ring (bicyclic) bond motifs is 2. The summed E-state index contributed by atoms with van der Waals surface area (Å²) >= 11 is 0. The molecule has 0 aliphatic rings. The minimum atomic E-state index is 0.154. The van der Waals surface area contributed by atoms with E-state index >= 15 is 0 Å². The number of hydrogen-bond donors (Lipinski definition) is 0. The van der Waals surface area contributed by atoms with Gasteiger partial charge in [0.05, 0.1) is 29.3 Å². The minimum absolute atomic E-state index is 0.154. The van der Waals surface area contributed by atoms with Crippen LogP contribution >= 0.6 is 0 Å². The van der Waals surface area contributed by atoms with E-state index < -0.39 is 0 Å². The summed E-state index contributed by atoms with van der Waals surface area (Å²) in [4.78, 5) is 8.94. The normalized spacial score (nSPS) is 12.7. The first-order chi connectivity index (χ1) is 13.2. The first-order valence-electron chi connectivity index (χ1n) is 8.87. The van der Waals surface area contributed by atoms with Crippen LogP contribution in [0.3, 0.4) is 0 Å². The predicted molar refractivity (Wildman–Crippen MR) is 104 cm³/mol. The van der Waals surface area contributed by atoms with Crippen molar-refractivity contribution in [3.8, 4) is 11.3 Å². The average Bonchev–Trinajstić information content (AvgIpc) is 3.32. The number of imidazole rings is 1. The molecule has 27 heavy (non-hydrogen) atoms. The Morgan fingerprint density at radius 2 is 1.93 bits per heavy atom. The first-order valence-corrected chi connectivity index (χ1v) is 8.87. The summed E-state index contributed by atoms with van der Waals surface area (Å²) < 4.78 is 3.71. The van der Waals surface area contributed by atoms with Crippen LogP contribution in [0.4, 0.5) is 0 Å². The van der Waals surface area contributed by atoms with Gasteiger partial charge in [0, 0.05) is 36.3 Å². The van der Waals surface area contributed by atoms with Crippen LogP contribution in [-0.4, -0.2) is 29.4 Å². The fourth-order valence-corrected chi connectivity index (χ4v) is 3.43. The lowest BCUT2D eigenvalue weighted by atomic mass is 9.97. The summed E-state index contributed by atoms with van der Waals surface area (Å²) in [6.07, 6.45) is 7.52. The Morgan fingerprint density at radius 1 is 1.00 bits per heavy atom. The Balaban J connectivity index is 1.60. The monoisotopic (exact) mass is 354 g/mol. The predicted octanol–water partition coefficient (Wildman–Crippen LogP) is 3.83. The maximum absolute atomic E-state index is 4.82. The van der Waals surface area contributed by atoms with Crippen LogP contribution in [0.2, 0.25) is 0 Å². The number of hydrogen-bond acceptors (Lipinski definition) is 4. The Kier molecular flexibility index (Phi) is 3.50. The molecule has 0 aliphatic heterocycles. The van der Waals surface area contributed by atoms with E-state index in [9.17, 15) is 0 Å². The van der Waals surface area contributed by atoms with Gasteiger partial charge in [0.15, 0.2) is 5.65 Å². The summed E-state index contributed by atoms with van der Waals surface area (Å²) in [5.74, 6) is 0.154. The van der Waals surface area contributed by atoms with Crippen molar-refractivity contribution in [2.75, 3.05) is 0 Å². The maximum atomic E-state index is 4.82. The number of benzene rings is 1. The van der Waals surface area contributed by atoms with Crippen molar-refractivity contribution in [3.05, 3.63) is 78.5 Å². The van der Waals surface area contributed by atoms with Crippen molar-refractivity contribution >= 4 is 16.6 Å². The molecule has 0 saturated carbocycles. The molecule has 0 saturated heterocycles. The standard InChI is InChI=1S/C21H18N6/c1-14(15-5-6-18-16(10-15)4-3-9-22-18)20-12-23-21-8-7-19(25-27(20)21)17-11-24-26(2)13-17/h3-14H,1-2H3/t14-/m1/s1. The number of pyridine rings is 1. The quantitative estimate of drug-likeness (QED) is 0.494. The molecule has 0 spiro atoms. The molecule has 0 radical (unpaired) electrons. The van der Waals surface area contributed by atoms with E-state index in [1.54, 1.807) is 4.68 Å². The molecule has 4 heterocycles. The van der Waals surface area contributed by atoms with Gasteiger partial charge in [-0.2, -0.15) is 10.2 Å². The van der Waals surface area contributed by atoms with Gasteiger partial charge in [-0.1, -0.05) is 19.1 Å². The van der Waals surface area contributed by atoms with E-state index in [4.69, 9.17) is 5.10 Å². The van der Waals surface area contributed by atoms with Gasteiger partial charge in [-0.05, 0) is 35.9 Å². The highest BCUT2D eigenvalue weighted by atomic mass is 15.3. The molecule has 0 aliphatic carbocycles. The van der Waals surface area contributed by atoms with E-state index in [1.165, 1.54) is 5.56 Å². The SMILES string of the molecule is C[C@H](c1ccc2ncccc2c1)c1cnc2ccc(-c3cnn(C)c3)nn12. The van der Waals surface area contributed by atoms with Gasteiger partial charge in [-0.25, -0.2) is 9.50 Å². The Morgan fingerprint density at radius 3 is 2.78 bits per heavy atom. The summed E-state index contributed by atoms with van der Waals surface area (Å²) in [7, 11) is 1.90. The molecule has 0 amide bonds. The Labute approximate surface area is 156 Å². The number of nitrogens with zero attached hydrogens (tertiary/aromatic N) is 6. The molecular formula is C21H18N6. The van der Waals surface area contributed by atoms with E-state index in [-0.39, 0.29) is 5.92 Å². The average molecular weight is 354 g/mol. The van der Waals surface area contributed by atoms with Crippen molar-refractivity contribution in [3.63, 3.8) is 0 Å². The summed E-state index contributed by atoms with van der Waals surface area (Å²) in [6.45, 7) is 2.18. The lowest BCUT2D eigenvalue weighted by Gasteiger charge is -2.12. The third-order valence-corrected chi connectivity index (χ3v) is 4.96. The third-order valence-electron chi connectivity index (χ3n) is 4.96. The topological polar surface area (TPSA) is 60.9 Å². The van der Waals surface area contributed by atoms with E-state index in [1.807, 2.05) is 54.5 Å². The van der Waals surface area contributed by atoms with Crippen molar-refractivity contribution in [1.29, 1.82) is 0 Å². The Hall–Kier alpha value is -3.54. The molecule has 0 bridgehead atoms. The molecule has 6 nitrogen and oxygen atoms in total. The highest BCUT2D eigenvalue weighted by Crippen LogP contribution is 2.27. The Bertz CT molecular complexity index is 1270. The number of rotatable bonds is 3. The van der Waals surface area contributed by atoms with Crippen LogP contribution < -0.4 is 0 Å². The summed E-state index contributed by atoms with van der Waals surface area (Å²) in [5.41, 5.74) is 5.98. The zero-order valence-electron chi connectivity index (χ0n) is 15.1.